The zero-order chi connectivity index (χ0) is 13.2. The topological polar surface area (TPSA) is 61.0 Å². The molecule has 94 valence electrons. The monoisotopic (exact) mass is 251 g/mol. The Labute approximate surface area is 110 Å². The summed E-state index contributed by atoms with van der Waals surface area (Å²) < 4.78 is 5.34. The molecule has 2 N–H and O–H groups in total. The Kier molecular flexibility index (Phi) is 2.76. The van der Waals surface area contributed by atoms with Gasteiger partial charge in [-0.15, -0.1) is 0 Å². The van der Waals surface area contributed by atoms with E-state index in [0.717, 1.165) is 27.8 Å². The van der Waals surface area contributed by atoms with E-state index in [1.54, 1.807) is 25.6 Å². The number of methoxy groups -OCH3 is 1. The first-order valence-electron chi connectivity index (χ1n) is 5.93. The minimum atomic E-state index is 0.484. The molecule has 0 bridgehead atoms. The lowest BCUT2D eigenvalue weighted by atomic mass is 10.0. The molecular weight excluding hydrogens is 238 g/mol. The maximum atomic E-state index is 5.76. The van der Waals surface area contributed by atoms with Gasteiger partial charge in [-0.3, -0.25) is 4.98 Å². The van der Waals surface area contributed by atoms with Gasteiger partial charge in [0.15, 0.2) is 0 Å². The lowest BCUT2D eigenvalue weighted by Crippen LogP contribution is -1.94. The molecular formula is C15H13N3O. The average Bonchev–Trinajstić information content (AvgIpc) is 2.47. The summed E-state index contributed by atoms with van der Waals surface area (Å²) >= 11 is 0. The molecule has 0 fully saturated rings. The van der Waals surface area contributed by atoms with Crippen molar-refractivity contribution in [1.82, 2.24) is 9.97 Å². The number of anilines is 1. The van der Waals surface area contributed by atoms with Crippen LogP contribution in [0.1, 0.15) is 0 Å². The van der Waals surface area contributed by atoms with Crippen molar-refractivity contribution in [1.29, 1.82) is 0 Å². The van der Waals surface area contributed by atoms with E-state index in [2.05, 4.69) is 9.97 Å². The molecule has 4 nitrogen and oxygen atoms in total. The standard InChI is InChI=1S/C15H13N3O/c1-19-13-4-2-11(10-6-8-17-9-7-10)12-3-5-14(16)18-15(12)13/h2-9H,1H3,(H2,16,18). The minimum Gasteiger partial charge on any atom is -0.494 e. The van der Waals surface area contributed by atoms with E-state index < -0.39 is 0 Å². The number of nitrogens with zero attached hydrogens (tertiary/aromatic N) is 2. The first kappa shape index (κ1) is 11.5. The van der Waals surface area contributed by atoms with Crippen LogP contribution in [0, 0.1) is 0 Å². The van der Waals surface area contributed by atoms with Crippen LogP contribution < -0.4 is 10.5 Å². The van der Waals surface area contributed by atoms with Crippen LogP contribution in [0.5, 0.6) is 5.75 Å². The third-order valence-corrected chi connectivity index (χ3v) is 3.05. The van der Waals surface area contributed by atoms with Crippen LogP contribution in [0.25, 0.3) is 22.0 Å². The van der Waals surface area contributed by atoms with Crippen LogP contribution in [0.3, 0.4) is 0 Å². The second-order valence-electron chi connectivity index (χ2n) is 4.18. The van der Waals surface area contributed by atoms with Crippen molar-refractivity contribution in [2.45, 2.75) is 0 Å². The van der Waals surface area contributed by atoms with Crippen molar-refractivity contribution in [3.05, 3.63) is 48.8 Å². The van der Waals surface area contributed by atoms with E-state index in [4.69, 9.17) is 10.5 Å². The SMILES string of the molecule is COc1ccc(-c2ccncc2)c2ccc(N)nc12. The average molecular weight is 251 g/mol. The van der Waals surface area contributed by atoms with Crippen LogP contribution >= 0.6 is 0 Å². The number of fused-ring (bicyclic) bond motifs is 1. The molecule has 0 aliphatic rings. The highest BCUT2D eigenvalue weighted by molar-refractivity contribution is 5.98. The van der Waals surface area contributed by atoms with E-state index in [-0.39, 0.29) is 0 Å². The zero-order valence-corrected chi connectivity index (χ0v) is 10.5. The Morgan fingerprint density at radius 2 is 1.79 bits per heavy atom. The number of pyridine rings is 2. The van der Waals surface area contributed by atoms with E-state index in [9.17, 15) is 0 Å². The van der Waals surface area contributed by atoms with Crippen molar-refractivity contribution < 1.29 is 4.74 Å². The molecule has 0 saturated heterocycles. The van der Waals surface area contributed by atoms with E-state index in [0.29, 0.717) is 5.82 Å². The summed E-state index contributed by atoms with van der Waals surface area (Å²) in [5.74, 6) is 1.21. The second kappa shape index (κ2) is 4.57. The van der Waals surface area contributed by atoms with Crippen molar-refractivity contribution in [3.63, 3.8) is 0 Å². The number of nitrogens with two attached hydrogens (primary N) is 1. The first-order valence-corrected chi connectivity index (χ1v) is 5.93. The summed E-state index contributed by atoms with van der Waals surface area (Å²) in [6.45, 7) is 0. The second-order valence-corrected chi connectivity index (χ2v) is 4.18. The maximum absolute atomic E-state index is 5.76. The summed E-state index contributed by atoms with van der Waals surface area (Å²) in [5, 5.41) is 1.01. The molecule has 0 saturated carbocycles. The summed E-state index contributed by atoms with van der Waals surface area (Å²) in [6.07, 6.45) is 3.55. The molecule has 4 heteroatoms. The number of nitrogen functional groups attached to an aromatic ring is 1. The minimum absolute atomic E-state index is 0.484. The number of rotatable bonds is 2. The Morgan fingerprint density at radius 1 is 1.00 bits per heavy atom. The lowest BCUT2D eigenvalue weighted by molar-refractivity contribution is 0.419. The number of hydrogen-bond donors (Lipinski definition) is 1. The van der Waals surface area contributed by atoms with Gasteiger partial charge >= 0.3 is 0 Å². The molecule has 0 amide bonds. The summed E-state index contributed by atoms with van der Waals surface area (Å²) in [4.78, 5) is 8.41. The van der Waals surface area contributed by atoms with Crippen LogP contribution in [0.2, 0.25) is 0 Å². The van der Waals surface area contributed by atoms with Crippen LogP contribution in [-0.2, 0) is 0 Å². The van der Waals surface area contributed by atoms with Crippen molar-refractivity contribution in [2.24, 2.45) is 0 Å². The third-order valence-electron chi connectivity index (χ3n) is 3.05. The molecule has 0 atom stereocenters. The van der Waals surface area contributed by atoms with Crippen LogP contribution in [0.15, 0.2) is 48.8 Å². The van der Waals surface area contributed by atoms with Gasteiger partial charge in [-0.2, -0.15) is 0 Å². The van der Waals surface area contributed by atoms with Gasteiger partial charge in [0.2, 0.25) is 0 Å². The van der Waals surface area contributed by atoms with Gasteiger partial charge in [-0.1, -0.05) is 0 Å². The predicted molar refractivity (Wildman–Crippen MR) is 75.9 cm³/mol. The molecule has 0 unspecified atom stereocenters. The van der Waals surface area contributed by atoms with Gasteiger partial charge in [-0.05, 0) is 47.5 Å². The van der Waals surface area contributed by atoms with Gasteiger partial charge in [-0.25, -0.2) is 4.98 Å². The first-order chi connectivity index (χ1) is 9.29. The fraction of sp³-hybridized carbons (Fsp3) is 0.0667. The van der Waals surface area contributed by atoms with Crippen molar-refractivity contribution in [3.8, 4) is 16.9 Å². The van der Waals surface area contributed by atoms with Crippen LogP contribution in [0.4, 0.5) is 5.82 Å². The number of ether oxygens (including phenoxy) is 1. The number of benzene rings is 1. The maximum Gasteiger partial charge on any atom is 0.145 e. The Bertz CT molecular complexity index is 726. The summed E-state index contributed by atoms with van der Waals surface area (Å²) in [5.41, 5.74) is 8.71. The molecule has 3 rings (SSSR count). The van der Waals surface area contributed by atoms with Gasteiger partial charge < -0.3 is 10.5 Å². The van der Waals surface area contributed by atoms with E-state index in [1.165, 1.54) is 0 Å². The Balaban J connectivity index is 2.33. The van der Waals surface area contributed by atoms with Crippen LogP contribution in [-0.4, -0.2) is 17.1 Å². The summed E-state index contributed by atoms with van der Waals surface area (Å²) in [7, 11) is 1.63. The largest absolute Gasteiger partial charge is 0.494 e. The highest BCUT2D eigenvalue weighted by Gasteiger charge is 2.09. The molecule has 0 spiro atoms. The highest BCUT2D eigenvalue weighted by atomic mass is 16.5. The Morgan fingerprint density at radius 3 is 2.53 bits per heavy atom. The Hall–Kier alpha value is -2.62. The molecule has 2 heterocycles. The molecule has 0 aliphatic carbocycles. The normalized spacial score (nSPS) is 10.6. The smallest absolute Gasteiger partial charge is 0.145 e. The number of hydrogen-bond acceptors (Lipinski definition) is 4. The van der Waals surface area contributed by atoms with E-state index in [1.807, 2.05) is 30.3 Å². The molecule has 2 aromatic heterocycles. The number of aromatic nitrogens is 2. The molecule has 0 aliphatic heterocycles. The fourth-order valence-electron chi connectivity index (χ4n) is 2.16. The fourth-order valence-corrected chi connectivity index (χ4v) is 2.16. The zero-order valence-electron chi connectivity index (χ0n) is 10.5. The van der Waals surface area contributed by atoms with Gasteiger partial charge in [0.05, 0.1) is 7.11 Å². The third kappa shape index (κ3) is 1.97. The van der Waals surface area contributed by atoms with Gasteiger partial charge in [0.1, 0.15) is 17.1 Å². The molecule has 0 radical (unpaired) electrons. The highest BCUT2D eigenvalue weighted by Crippen LogP contribution is 2.33. The van der Waals surface area contributed by atoms with Gasteiger partial charge in [0, 0.05) is 17.8 Å². The van der Waals surface area contributed by atoms with Gasteiger partial charge in [0.25, 0.3) is 0 Å². The predicted octanol–water partition coefficient (Wildman–Crippen LogP) is 2.89. The molecule has 19 heavy (non-hydrogen) atoms. The quantitative estimate of drug-likeness (QED) is 0.760. The molecule has 1 aromatic carbocycles. The van der Waals surface area contributed by atoms with E-state index >= 15 is 0 Å². The lowest BCUT2D eigenvalue weighted by Gasteiger charge is -2.10. The van der Waals surface area contributed by atoms with Crippen molar-refractivity contribution in [2.75, 3.05) is 12.8 Å². The summed E-state index contributed by atoms with van der Waals surface area (Å²) in [6, 6.07) is 11.6. The van der Waals surface area contributed by atoms with Crippen molar-refractivity contribution >= 4 is 16.7 Å². The molecule has 3 aromatic rings.